The predicted octanol–water partition coefficient (Wildman–Crippen LogP) is 2.86. The molecule has 1 heterocycles. The Morgan fingerprint density at radius 1 is 1.29 bits per heavy atom. The monoisotopic (exact) mass is 200 g/mol. The normalized spacial score (nSPS) is 33.2. The summed E-state index contributed by atoms with van der Waals surface area (Å²) < 4.78 is 11.5. The maximum atomic E-state index is 5.86. The number of rotatable bonds is 4. The number of hydrogen-bond acceptors (Lipinski definition) is 2. The molecule has 0 aromatic carbocycles. The fourth-order valence-electron chi connectivity index (χ4n) is 2.14. The van der Waals surface area contributed by atoms with Crippen LogP contribution in [0, 0.1) is 11.8 Å². The van der Waals surface area contributed by atoms with Crippen LogP contribution in [0.1, 0.15) is 41.0 Å². The highest BCUT2D eigenvalue weighted by Crippen LogP contribution is 2.32. The van der Waals surface area contributed by atoms with Crippen molar-refractivity contribution in [2.75, 3.05) is 6.61 Å². The van der Waals surface area contributed by atoms with Crippen molar-refractivity contribution < 1.29 is 9.47 Å². The molecule has 1 aliphatic heterocycles. The fourth-order valence-corrected chi connectivity index (χ4v) is 2.14. The van der Waals surface area contributed by atoms with Crippen molar-refractivity contribution in [3.8, 4) is 0 Å². The molecule has 0 N–H and O–H groups in total. The smallest absolute Gasteiger partial charge is 0.0843 e. The van der Waals surface area contributed by atoms with E-state index < -0.39 is 0 Å². The molecule has 3 atom stereocenters. The van der Waals surface area contributed by atoms with Crippen molar-refractivity contribution in [1.82, 2.24) is 0 Å². The molecule has 1 rings (SSSR count). The summed E-state index contributed by atoms with van der Waals surface area (Å²) in [7, 11) is 0. The van der Waals surface area contributed by atoms with Crippen LogP contribution in [0.4, 0.5) is 0 Å². The molecule has 1 fully saturated rings. The summed E-state index contributed by atoms with van der Waals surface area (Å²) in [6.07, 6.45) is 2.21. The van der Waals surface area contributed by atoms with Crippen molar-refractivity contribution in [3.05, 3.63) is 0 Å². The van der Waals surface area contributed by atoms with Crippen LogP contribution in [-0.2, 0) is 9.47 Å². The molecular formula is C12H24O2. The summed E-state index contributed by atoms with van der Waals surface area (Å²) in [5.74, 6) is 1.37. The first kappa shape index (κ1) is 12.0. The second kappa shape index (κ2) is 5.13. The third kappa shape index (κ3) is 3.25. The van der Waals surface area contributed by atoms with Gasteiger partial charge < -0.3 is 9.47 Å². The second-order valence-electron chi connectivity index (χ2n) is 5.01. The van der Waals surface area contributed by atoms with Crippen LogP contribution in [0.3, 0.4) is 0 Å². The van der Waals surface area contributed by atoms with Crippen LogP contribution in [0.5, 0.6) is 0 Å². The Bertz CT molecular complexity index is 166. The van der Waals surface area contributed by atoms with Crippen LogP contribution in [0.2, 0.25) is 0 Å². The Kier molecular flexibility index (Phi) is 4.39. The van der Waals surface area contributed by atoms with Gasteiger partial charge in [0.2, 0.25) is 0 Å². The summed E-state index contributed by atoms with van der Waals surface area (Å²) in [6.45, 7) is 11.6. The minimum absolute atomic E-state index is 0.308. The van der Waals surface area contributed by atoms with Crippen LogP contribution in [-0.4, -0.2) is 24.9 Å². The minimum atomic E-state index is 0.308. The second-order valence-corrected chi connectivity index (χ2v) is 5.01. The molecule has 0 aromatic heterocycles. The highest BCUT2D eigenvalue weighted by Gasteiger charge is 2.34. The van der Waals surface area contributed by atoms with E-state index >= 15 is 0 Å². The maximum Gasteiger partial charge on any atom is 0.0843 e. The lowest BCUT2D eigenvalue weighted by Gasteiger charge is -2.22. The third-order valence-electron chi connectivity index (χ3n) is 2.94. The van der Waals surface area contributed by atoms with Crippen LogP contribution >= 0.6 is 0 Å². The van der Waals surface area contributed by atoms with Gasteiger partial charge in [-0.05, 0) is 39.0 Å². The topological polar surface area (TPSA) is 18.5 Å². The van der Waals surface area contributed by atoms with E-state index in [0.29, 0.717) is 30.1 Å². The van der Waals surface area contributed by atoms with Crippen molar-refractivity contribution >= 4 is 0 Å². The molecular weight excluding hydrogens is 176 g/mol. The fraction of sp³-hybridized carbons (Fsp3) is 1.00. The SMILES string of the molecule is CC(C)OCC1OC(C)C[C@H]1C(C)C. The van der Waals surface area contributed by atoms with E-state index in [2.05, 4.69) is 34.6 Å². The summed E-state index contributed by atoms with van der Waals surface area (Å²) >= 11 is 0. The predicted molar refractivity (Wildman–Crippen MR) is 58.4 cm³/mol. The molecule has 0 spiro atoms. The molecule has 0 radical (unpaired) electrons. The van der Waals surface area contributed by atoms with E-state index in [9.17, 15) is 0 Å². The van der Waals surface area contributed by atoms with Gasteiger partial charge in [0.1, 0.15) is 0 Å². The molecule has 2 unspecified atom stereocenters. The Morgan fingerprint density at radius 2 is 1.93 bits per heavy atom. The molecule has 0 aromatic rings. The number of ether oxygens (including phenoxy) is 2. The Hall–Kier alpha value is -0.0800. The Morgan fingerprint density at radius 3 is 2.43 bits per heavy atom. The quantitative estimate of drug-likeness (QED) is 0.694. The Labute approximate surface area is 88.0 Å². The standard InChI is InChI=1S/C12H24O2/c1-8(2)11-6-10(5)14-12(11)7-13-9(3)4/h8-12H,6-7H2,1-5H3/t10?,11-,12?/m0/s1. The van der Waals surface area contributed by atoms with Gasteiger partial charge in [0.05, 0.1) is 24.9 Å². The van der Waals surface area contributed by atoms with E-state index in [1.807, 2.05) is 0 Å². The maximum absolute atomic E-state index is 5.86. The zero-order valence-electron chi connectivity index (χ0n) is 10.1. The van der Waals surface area contributed by atoms with Crippen LogP contribution in [0.15, 0.2) is 0 Å². The lowest BCUT2D eigenvalue weighted by molar-refractivity contribution is -0.0433. The van der Waals surface area contributed by atoms with Gasteiger partial charge in [0.25, 0.3) is 0 Å². The van der Waals surface area contributed by atoms with Gasteiger partial charge in [-0.1, -0.05) is 13.8 Å². The zero-order valence-corrected chi connectivity index (χ0v) is 10.1. The zero-order chi connectivity index (χ0) is 10.7. The highest BCUT2D eigenvalue weighted by molar-refractivity contribution is 4.82. The van der Waals surface area contributed by atoms with Crippen molar-refractivity contribution in [2.45, 2.75) is 59.4 Å². The van der Waals surface area contributed by atoms with E-state index in [0.717, 1.165) is 6.61 Å². The van der Waals surface area contributed by atoms with Gasteiger partial charge in [0, 0.05) is 0 Å². The van der Waals surface area contributed by atoms with Gasteiger partial charge >= 0.3 is 0 Å². The first-order valence-electron chi connectivity index (χ1n) is 5.77. The van der Waals surface area contributed by atoms with Gasteiger partial charge in [-0.2, -0.15) is 0 Å². The molecule has 2 heteroatoms. The van der Waals surface area contributed by atoms with Crippen LogP contribution in [0.25, 0.3) is 0 Å². The van der Waals surface area contributed by atoms with Crippen molar-refractivity contribution in [1.29, 1.82) is 0 Å². The van der Waals surface area contributed by atoms with Gasteiger partial charge in [-0.15, -0.1) is 0 Å². The number of hydrogen-bond donors (Lipinski definition) is 0. The van der Waals surface area contributed by atoms with Gasteiger partial charge in [0.15, 0.2) is 0 Å². The lowest BCUT2D eigenvalue weighted by Crippen LogP contribution is -2.27. The van der Waals surface area contributed by atoms with E-state index in [1.54, 1.807) is 0 Å². The Balaban J connectivity index is 2.41. The van der Waals surface area contributed by atoms with Crippen molar-refractivity contribution in [2.24, 2.45) is 11.8 Å². The first-order chi connectivity index (χ1) is 6.50. The summed E-state index contributed by atoms with van der Waals surface area (Å²) in [6, 6.07) is 0. The lowest BCUT2D eigenvalue weighted by atomic mass is 9.88. The molecule has 0 amide bonds. The van der Waals surface area contributed by atoms with Gasteiger partial charge in [-0.3, -0.25) is 0 Å². The van der Waals surface area contributed by atoms with E-state index in [4.69, 9.17) is 9.47 Å². The van der Waals surface area contributed by atoms with Crippen LogP contribution < -0.4 is 0 Å². The average Bonchev–Trinajstić information content (AvgIpc) is 2.43. The molecule has 0 saturated carbocycles. The summed E-state index contributed by atoms with van der Waals surface area (Å²) in [5.41, 5.74) is 0. The minimum Gasteiger partial charge on any atom is -0.376 e. The third-order valence-corrected chi connectivity index (χ3v) is 2.94. The molecule has 1 saturated heterocycles. The van der Waals surface area contributed by atoms with Crippen molar-refractivity contribution in [3.63, 3.8) is 0 Å². The average molecular weight is 200 g/mol. The summed E-state index contributed by atoms with van der Waals surface area (Å²) in [4.78, 5) is 0. The molecule has 1 aliphatic rings. The summed E-state index contributed by atoms with van der Waals surface area (Å²) in [5, 5.41) is 0. The molecule has 14 heavy (non-hydrogen) atoms. The van der Waals surface area contributed by atoms with Gasteiger partial charge in [-0.25, -0.2) is 0 Å². The largest absolute Gasteiger partial charge is 0.376 e. The first-order valence-corrected chi connectivity index (χ1v) is 5.77. The van der Waals surface area contributed by atoms with E-state index in [1.165, 1.54) is 6.42 Å². The molecule has 0 aliphatic carbocycles. The molecule has 84 valence electrons. The highest BCUT2D eigenvalue weighted by atomic mass is 16.5. The molecule has 0 bridgehead atoms. The molecule has 2 nitrogen and oxygen atoms in total. The van der Waals surface area contributed by atoms with E-state index in [-0.39, 0.29) is 0 Å².